The zero-order valence-electron chi connectivity index (χ0n) is 22.3. The fourth-order valence-corrected chi connectivity index (χ4v) is 4.91. The SMILES string of the molecule is Cc1cccc(COc2ccc(C(O)=C3C(=O)C(=O)N(CCCn4ccnc4)[C@H]3c3ccc([N+](=O)[O-])cc3)cc2)c1. The molecule has 0 bridgehead atoms. The molecule has 1 aromatic heterocycles. The van der Waals surface area contributed by atoms with Gasteiger partial charge in [0, 0.05) is 43.2 Å². The van der Waals surface area contributed by atoms with Gasteiger partial charge in [0.25, 0.3) is 17.4 Å². The van der Waals surface area contributed by atoms with Gasteiger partial charge in [-0.2, -0.15) is 0 Å². The zero-order valence-corrected chi connectivity index (χ0v) is 22.3. The van der Waals surface area contributed by atoms with Crippen LogP contribution in [0, 0.1) is 17.0 Å². The van der Waals surface area contributed by atoms with Gasteiger partial charge < -0.3 is 19.3 Å². The lowest BCUT2D eigenvalue weighted by atomic mass is 9.95. The van der Waals surface area contributed by atoms with E-state index in [-0.39, 0.29) is 23.6 Å². The van der Waals surface area contributed by atoms with Crippen LogP contribution in [0.15, 0.2) is 97.1 Å². The number of Topliss-reactive ketones (excluding diaryl/α,β-unsaturated/α-hetero) is 1. The normalized spacial score (nSPS) is 16.2. The van der Waals surface area contributed by atoms with Gasteiger partial charge in [-0.15, -0.1) is 0 Å². The highest BCUT2D eigenvalue weighted by atomic mass is 16.6. The number of carbonyl (C=O) groups excluding carboxylic acids is 2. The number of aromatic nitrogens is 2. The highest BCUT2D eigenvalue weighted by molar-refractivity contribution is 6.46. The van der Waals surface area contributed by atoms with Gasteiger partial charge in [-0.3, -0.25) is 19.7 Å². The molecular weight excluding hydrogens is 524 g/mol. The standard InChI is InChI=1S/C31H28N4O6/c1-21-4-2-5-22(18-21)19-41-26-12-8-24(9-13-26)29(36)27-28(23-6-10-25(11-7-23)35(39)40)34(31(38)30(27)37)16-3-15-33-17-14-32-20-33/h2,4-14,17-18,20,28,36H,3,15-16,19H2,1H3/t28-/m0/s1. The lowest BCUT2D eigenvalue weighted by molar-refractivity contribution is -0.384. The third kappa shape index (κ3) is 6.01. The number of aliphatic hydroxyl groups is 1. The molecule has 5 rings (SSSR count). The smallest absolute Gasteiger partial charge is 0.295 e. The summed E-state index contributed by atoms with van der Waals surface area (Å²) in [5.41, 5.74) is 2.79. The lowest BCUT2D eigenvalue weighted by Crippen LogP contribution is -2.31. The van der Waals surface area contributed by atoms with Gasteiger partial charge in [-0.05, 0) is 60.9 Å². The molecule has 0 spiro atoms. The third-order valence-corrected chi connectivity index (χ3v) is 6.95. The van der Waals surface area contributed by atoms with Crippen molar-refractivity contribution in [3.05, 3.63) is 129 Å². The Morgan fingerprint density at radius 3 is 2.46 bits per heavy atom. The Morgan fingerprint density at radius 1 is 1.05 bits per heavy atom. The topological polar surface area (TPSA) is 128 Å². The Hall–Kier alpha value is -5.25. The molecule has 0 aliphatic carbocycles. The van der Waals surface area contributed by atoms with Crippen LogP contribution < -0.4 is 4.74 Å². The Morgan fingerprint density at radius 2 is 1.80 bits per heavy atom. The average molecular weight is 553 g/mol. The minimum absolute atomic E-state index is 0.0695. The van der Waals surface area contributed by atoms with Crippen LogP contribution in [0.4, 0.5) is 5.69 Å². The predicted molar refractivity (Wildman–Crippen MR) is 151 cm³/mol. The summed E-state index contributed by atoms with van der Waals surface area (Å²) < 4.78 is 7.73. The van der Waals surface area contributed by atoms with Gasteiger partial charge in [0.1, 0.15) is 18.1 Å². The molecule has 0 radical (unpaired) electrons. The van der Waals surface area contributed by atoms with Gasteiger partial charge in [0.15, 0.2) is 0 Å². The number of nitro benzene ring substituents is 1. The first kappa shape index (κ1) is 27.3. The number of amides is 1. The van der Waals surface area contributed by atoms with Gasteiger partial charge in [-0.25, -0.2) is 4.98 Å². The molecule has 41 heavy (non-hydrogen) atoms. The van der Waals surface area contributed by atoms with Crippen LogP contribution in [0.2, 0.25) is 0 Å². The maximum Gasteiger partial charge on any atom is 0.295 e. The Bertz CT molecular complexity index is 1590. The first-order valence-corrected chi connectivity index (χ1v) is 13.1. The monoisotopic (exact) mass is 552 g/mol. The molecule has 4 aromatic rings. The number of nitro groups is 1. The number of ether oxygens (including phenoxy) is 1. The maximum atomic E-state index is 13.3. The first-order chi connectivity index (χ1) is 19.8. The van der Waals surface area contributed by atoms with E-state index in [0.717, 1.165) is 11.1 Å². The number of nitrogens with zero attached hydrogens (tertiary/aromatic N) is 4. The summed E-state index contributed by atoms with van der Waals surface area (Å²) in [6, 6.07) is 19.4. The molecule has 0 unspecified atom stereocenters. The molecule has 1 atom stereocenters. The number of carbonyl (C=O) groups is 2. The fourth-order valence-electron chi connectivity index (χ4n) is 4.91. The van der Waals surface area contributed by atoms with Crippen LogP contribution in [-0.2, 0) is 22.7 Å². The molecule has 208 valence electrons. The van der Waals surface area contributed by atoms with Crippen LogP contribution in [0.3, 0.4) is 0 Å². The van der Waals surface area contributed by atoms with E-state index in [4.69, 9.17) is 4.74 Å². The van der Waals surface area contributed by atoms with E-state index >= 15 is 0 Å². The number of ketones is 1. The van der Waals surface area contributed by atoms with E-state index in [1.807, 2.05) is 35.8 Å². The van der Waals surface area contributed by atoms with Crippen molar-refractivity contribution in [1.29, 1.82) is 0 Å². The summed E-state index contributed by atoms with van der Waals surface area (Å²) in [6.45, 7) is 3.18. The molecule has 1 aliphatic rings. The van der Waals surface area contributed by atoms with Crippen molar-refractivity contribution in [2.75, 3.05) is 6.54 Å². The van der Waals surface area contributed by atoms with E-state index in [1.165, 1.54) is 29.2 Å². The van der Waals surface area contributed by atoms with Gasteiger partial charge in [-0.1, -0.05) is 29.8 Å². The van der Waals surface area contributed by atoms with Gasteiger partial charge in [0.05, 0.1) is 22.9 Å². The molecule has 0 saturated carbocycles. The zero-order chi connectivity index (χ0) is 28.9. The fraction of sp³-hybridized carbons (Fsp3) is 0.194. The van der Waals surface area contributed by atoms with Crippen LogP contribution >= 0.6 is 0 Å². The Labute approximate surface area is 236 Å². The second-order valence-corrected chi connectivity index (χ2v) is 9.80. The maximum absolute atomic E-state index is 13.3. The molecular formula is C31H28N4O6. The summed E-state index contributed by atoms with van der Waals surface area (Å²) in [7, 11) is 0. The third-order valence-electron chi connectivity index (χ3n) is 6.95. The van der Waals surface area contributed by atoms with E-state index < -0.39 is 22.7 Å². The van der Waals surface area contributed by atoms with E-state index in [0.29, 0.717) is 36.4 Å². The highest BCUT2D eigenvalue weighted by Crippen LogP contribution is 2.40. The predicted octanol–water partition coefficient (Wildman–Crippen LogP) is 5.19. The van der Waals surface area contributed by atoms with Crippen molar-refractivity contribution >= 4 is 23.1 Å². The lowest BCUT2D eigenvalue weighted by Gasteiger charge is -2.25. The van der Waals surface area contributed by atoms with Crippen molar-refractivity contribution in [2.45, 2.75) is 32.5 Å². The number of benzene rings is 3. The molecule has 1 aliphatic heterocycles. The molecule has 10 heteroatoms. The molecule has 1 amide bonds. The van der Waals surface area contributed by atoms with E-state index in [9.17, 15) is 24.8 Å². The molecule has 10 nitrogen and oxygen atoms in total. The quantitative estimate of drug-likeness (QED) is 0.0943. The molecule has 1 N–H and O–H groups in total. The van der Waals surface area contributed by atoms with Crippen molar-refractivity contribution < 1.29 is 24.4 Å². The Balaban J connectivity index is 1.43. The largest absolute Gasteiger partial charge is 0.507 e. The van der Waals surface area contributed by atoms with Crippen molar-refractivity contribution in [1.82, 2.24) is 14.5 Å². The summed E-state index contributed by atoms with van der Waals surface area (Å²) in [5, 5.41) is 22.5. The highest BCUT2D eigenvalue weighted by Gasteiger charge is 2.45. The van der Waals surface area contributed by atoms with Crippen molar-refractivity contribution in [3.8, 4) is 5.75 Å². The number of non-ortho nitro benzene ring substituents is 1. The number of likely N-dealkylation sites (tertiary alicyclic amines) is 1. The van der Waals surface area contributed by atoms with Crippen LogP contribution in [0.25, 0.3) is 5.76 Å². The molecule has 2 heterocycles. The Kier molecular flexibility index (Phi) is 7.91. The number of hydrogen-bond acceptors (Lipinski definition) is 7. The average Bonchev–Trinajstić information content (AvgIpc) is 3.58. The van der Waals surface area contributed by atoms with Gasteiger partial charge in [0.2, 0.25) is 0 Å². The van der Waals surface area contributed by atoms with Crippen molar-refractivity contribution in [2.24, 2.45) is 0 Å². The second kappa shape index (κ2) is 11.9. The molecule has 1 fully saturated rings. The number of rotatable bonds is 10. The minimum atomic E-state index is -0.907. The number of hydrogen-bond donors (Lipinski definition) is 1. The van der Waals surface area contributed by atoms with E-state index in [1.54, 1.807) is 43.0 Å². The number of aliphatic hydroxyl groups excluding tert-OH is 1. The summed E-state index contributed by atoms with van der Waals surface area (Å²) >= 11 is 0. The first-order valence-electron chi connectivity index (χ1n) is 13.1. The number of aryl methyl sites for hydroxylation is 2. The minimum Gasteiger partial charge on any atom is -0.507 e. The molecule has 1 saturated heterocycles. The summed E-state index contributed by atoms with van der Waals surface area (Å²) in [6.07, 6.45) is 5.65. The summed E-state index contributed by atoms with van der Waals surface area (Å²) in [4.78, 5) is 42.6. The van der Waals surface area contributed by atoms with Gasteiger partial charge >= 0.3 is 0 Å². The number of imidazole rings is 1. The summed E-state index contributed by atoms with van der Waals surface area (Å²) in [5.74, 6) is -1.30. The van der Waals surface area contributed by atoms with Crippen LogP contribution in [0.1, 0.15) is 34.7 Å². The molecule has 3 aromatic carbocycles. The second-order valence-electron chi connectivity index (χ2n) is 9.80. The van der Waals surface area contributed by atoms with Crippen molar-refractivity contribution in [3.63, 3.8) is 0 Å². The van der Waals surface area contributed by atoms with Crippen LogP contribution in [0.5, 0.6) is 5.75 Å². The van der Waals surface area contributed by atoms with Crippen LogP contribution in [-0.4, -0.2) is 42.7 Å². The van der Waals surface area contributed by atoms with E-state index in [2.05, 4.69) is 4.98 Å².